The van der Waals surface area contributed by atoms with Gasteiger partial charge in [-0.2, -0.15) is 0 Å². The predicted octanol–water partition coefficient (Wildman–Crippen LogP) is 6.77. The second-order valence-electron chi connectivity index (χ2n) is 12.9. The topological polar surface area (TPSA) is 76.7 Å². The van der Waals surface area contributed by atoms with Crippen molar-refractivity contribution in [2.24, 2.45) is 0 Å². The molecule has 0 amide bonds. The minimum Gasteiger partial charge on any atom is -0.454 e. The second-order valence-corrected chi connectivity index (χ2v) is 12.9. The van der Waals surface area contributed by atoms with E-state index >= 15 is 0 Å². The van der Waals surface area contributed by atoms with Crippen LogP contribution in [0.1, 0.15) is 70.7 Å². The first kappa shape index (κ1) is 31.7. The van der Waals surface area contributed by atoms with Gasteiger partial charge in [0, 0.05) is 31.7 Å². The van der Waals surface area contributed by atoms with Crippen molar-refractivity contribution in [1.82, 2.24) is 10.6 Å². The number of ether oxygens (including phenoxy) is 2. The highest BCUT2D eigenvalue weighted by atomic mass is 16.6. The van der Waals surface area contributed by atoms with Crippen LogP contribution in [0.3, 0.4) is 0 Å². The van der Waals surface area contributed by atoms with Gasteiger partial charge in [0.2, 0.25) is 0 Å². The number of hydrogen-bond acceptors (Lipinski definition) is 6. The molecule has 6 rings (SSSR count). The monoisotopic (exact) mass is 616 g/mol. The lowest BCUT2D eigenvalue weighted by atomic mass is 9.78. The quantitative estimate of drug-likeness (QED) is 0.202. The van der Waals surface area contributed by atoms with Gasteiger partial charge in [0.1, 0.15) is 11.2 Å². The minimum atomic E-state index is -0.767. The molecule has 0 radical (unpaired) electrons. The fourth-order valence-corrected chi connectivity index (χ4v) is 7.19. The van der Waals surface area contributed by atoms with E-state index in [4.69, 9.17) is 9.47 Å². The summed E-state index contributed by atoms with van der Waals surface area (Å²) in [6.07, 6.45) is 3.18. The summed E-state index contributed by atoms with van der Waals surface area (Å²) < 4.78 is 12.8. The van der Waals surface area contributed by atoms with E-state index in [9.17, 15) is 9.59 Å². The van der Waals surface area contributed by atoms with Crippen molar-refractivity contribution in [3.63, 3.8) is 0 Å². The third kappa shape index (κ3) is 7.24. The number of aryl methyl sites for hydroxylation is 2. The summed E-state index contributed by atoms with van der Waals surface area (Å²) in [7, 11) is 0. The van der Waals surface area contributed by atoms with Crippen LogP contribution in [0.15, 0.2) is 103 Å². The maximum atomic E-state index is 13.5. The second kappa shape index (κ2) is 14.0. The Hall–Kier alpha value is -4.26. The highest BCUT2D eigenvalue weighted by Gasteiger charge is 2.42. The number of benzene rings is 4. The number of piperidine rings is 2. The maximum Gasteiger partial charge on any atom is 0.311 e. The van der Waals surface area contributed by atoms with E-state index in [1.165, 1.54) is 0 Å². The van der Waals surface area contributed by atoms with Crippen LogP contribution < -0.4 is 10.6 Å². The van der Waals surface area contributed by atoms with Crippen molar-refractivity contribution in [2.75, 3.05) is 19.6 Å². The number of esters is 2. The van der Waals surface area contributed by atoms with Crippen LogP contribution in [-0.4, -0.2) is 31.6 Å². The van der Waals surface area contributed by atoms with Crippen molar-refractivity contribution < 1.29 is 19.1 Å². The Bertz CT molecular complexity index is 1650. The van der Waals surface area contributed by atoms with Crippen LogP contribution >= 0.6 is 0 Å². The Kier molecular flexibility index (Phi) is 9.67. The summed E-state index contributed by atoms with van der Waals surface area (Å²) in [6, 6.07) is 34.4. The normalized spacial score (nSPS) is 20.9. The molecular weight excluding hydrogens is 572 g/mol. The number of nitrogens with one attached hydrogen (secondary N) is 2. The molecular formula is C40H44N2O4. The first-order chi connectivity index (χ1) is 22.3. The van der Waals surface area contributed by atoms with Crippen molar-refractivity contribution in [3.8, 4) is 0 Å². The Labute approximate surface area is 272 Å². The smallest absolute Gasteiger partial charge is 0.311 e. The largest absolute Gasteiger partial charge is 0.454 e. The van der Waals surface area contributed by atoms with Gasteiger partial charge < -0.3 is 20.1 Å². The van der Waals surface area contributed by atoms with Crippen LogP contribution in [-0.2, 0) is 43.1 Å². The molecule has 6 nitrogen and oxygen atoms in total. The van der Waals surface area contributed by atoms with Gasteiger partial charge in [-0.1, -0.05) is 109 Å². The lowest BCUT2D eigenvalue weighted by molar-refractivity contribution is -0.165. The highest BCUT2D eigenvalue weighted by Crippen LogP contribution is 2.42. The Morgan fingerprint density at radius 2 is 1.26 bits per heavy atom. The van der Waals surface area contributed by atoms with Gasteiger partial charge in [-0.3, -0.25) is 9.59 Å². The van der Waals surface area contributed by atoms with Crippen LogP contribution in [0.2, 0.25) is 0 Å². The first-order valence-corrected chi connectivity index (χ1v) is 16.5. The molecule has 4 aromatic rings. The zero-order chi connectivity index (χ0) is 32.0. The van der Waals surface area contributed by atoms with Gasteiger partial charge in [-0.05, 0) is 66.9 Å². The summed E-state index contributed by atoms with van der Waals surface area (Å²) >= 11 is 0. The van der Waals surface area contributed by atoms with Crippen molar-refractivity contribution in [1.29, 1.82) is 0 Å². The van der Waals surface area contributed by atoms with Gasteiger partial charge in [0.05, 0.1) is 12.8 Å². The van der Waals surface area contributed by atoms with E-state index < -0.39 is 11.2 Å². The number of carbonyl (C=O) groups is 2. The van der Waals surface area contributed by atoms with Crippen LogP contribution in [0, 0.1) is 13.8 Å². The molecule has 0 saturated carbocycles. The Morgan fingerprint density at radius 1 is 0.674 bits per heavy atom. The van der Waals surface area contributed by atoms with Gasteiger partial charge in [0.15, 0.2) is 0 Å². The molecule has 2 saturated heterocycles. The third-order valence-electron chi connectivity index (χ3n) is 9.58. The van der Waals surface area contributed by atoms with Gasteiger partial charge >= 0.3 is 11.9 Å². The molecule has 0 spiro atoms. The standard InChI is InChI=1S/C40H44N2O4/c1-29-10-9-11-31(24-29)26-38(44)46-40(34-14-7-4-8-15-34)20-23-42-36(28-40)35-25-32(17-16-30(35)2)27-37(43)45-39(18-21-41-22-19-39)33-12-5-3-6-13-33/h3-17,24-25,36,41-42H,18-23,26-28H2,1-2H3. The lowest BCUT2D eigenvalue weighted by Gasteiger charge is -2.42. The summed E-state index contributed by atoms with van der Waals surface area (Å²) in [6.45, 7) is 6.44. The molecule has 6 heteroatoms. The number of hydrogen-bond donors (Lipinski definition) is 2. The summed E-state index contributed by atoms with van der Waals surface area (Å²) in [5.74, 6) is -0.450. The van der Waals surface area contributed by atoms with Crippen LogP contribution in [0.4, 0.5) is 0 Å². The van der Waals surface area contributed by atoms with Gasteiger partial charge in [-0.15, -0.1) is 0 Å². The summed E-state index contributed by atoms with van der Waals surface area (Å²) in [5.41, 5.74) is 5.90. The molecule has 0 aromatic heterocycles. The van der Waals surface area contributed by atoms with E-state index in [0.29, 0.717) is 19.4 Å². The van der Waals surface area contributed by atoms with Gasteiger partial charge in [-0.25, -0.2) is 0 Å². The van der Waals surface area contributed by atoms with E-state index in [2.05, 4.69) is 54.0 Å². The molecule has 2 aliphatic heterocycles. The van der Waals surface area contributed by atoms with E-state index in [1.807, 2.05) is 73.7 Å². The molecule has 2 N–H and O–H groups in total. The van der Waals surface area contributed by atoms with Crippen molar-refractivity contribution in [2.45, 2.75) is 69.6 Å². The van der Waals surface area contributed by atoms with E-state index in [1.54, 1.807) is 0 Å². The Balaban J connectivity index is 1.22. The summed E-state index contributed by atoms with van der Waals surface area (Å²) in [5, 5.41) is 7.09. The Morgan fingerprint density at radius 3 is 1.91 bits per heavy atom. The molecule has 238 valence electrons. The van der Waals surface area contributed by atoms with Crippen molar-refractivity contribution in [3.05, 3.63) is 142 Å². The molecule has 4 aromatic carbocycles. The zero-order valence-corrected chi connectivity index (χ0v) is 26.9. The fraction of sp³-hybridized carbons (Fsp3) is 0.350. The van der Waals surface area contributed by atoms with E-state index in [0.717, 1.165) is 64.9 Å². The van der Waals surface area contributed by atoms with Gasteiger partial charge in [0.25, 0.3) is 0 Å². The first-order valence-electron chi connectivity index (χ1n) is 16.5. The molecule has 2 aliphatic rings. The molecule has 2 fully saturated rings. The zero-order valence-electron chi connectivity index (χ0n) is 26.9. The molecule has 0 bridgehead atoms. The average Bonchev–Trinajstić information content (AvgIpc) is 3.07. The molecule has 46 heavy (non-hydrogen) atoms. The van der Waals surface area contributed by atoms with Crippen LogP contribution in [0.25, 0.3) is 0 Å². The highest BCUT2D eigenvalue weighted by molar-refractivity contribution is 5.74. The van der Waals surface area contributed by atoms with Crippen LogP contribution in [0.5, 0.6) is 0 Å². The molecule has 2 heterocycles. The molecule has 2 unspecified atom stereocenters. The molecule has 2 atom stereocenters. The lowest BCUT2D eigenvalue weighted by Crippen LogP contribution is -2.45. The minimum absolute atomic E-state index is 0.0585. The maximum absolute atomic E-state index is 13.5. The van der Waals surface area contributed by atoms with Crippen molar-refractivity contribution >= 4 is 11.9 Å². The average molecular weight is 617 g/mol. The van der Waals surface area contributed by atoms with E-state index in [-0.39, 0.29) is 30.8 Å². The number of rotatable bonds is 9. The SMILES string of the molecule is Cc1cccc(CC(=O)OC2(c3ccccc3)CCNC(c3cc(CC(=O)OC4(c5ccccc5)CCNCC4)ccc3C)C2)c1. The number of carbonyl (C=O) groups excluding carboxylic acids is 2. The predicted molar refractivity (Wildman–Crippen MR) is 180 cm³/mol. The molecule has 0 aliphatic carbocycles. The fourth-order valence-electron chi connectivity index (χ4n) is 7.19. The summed E-state index contributed by atoms with van der Waals surface area (Å²) in [4.78, 5) is 26.9. The third-order valence-corrected chi connectivity index (χ3v) is 9.58.